The van der Waals surface area contributed by atoms with Gasteiger partial charge in [-0.2, -0.15) is 0 Å². The zero-order valence-electron chi connectivity index (χ0n) is 25.7. The second-order valence-electron chi connectivity index (χ2n) is 12.5. The summed E-state index contributed by atoms with van der Waals surface area (Å²) in [6, 6.07) is 17.1. The molecule has 0 saturated heterocycles. The number of ether oxygens (including phenoxy) is 3. The van der Waals surface area contributed by atoms with Gasteiger partial charge in [0.1, 0.15) is 11.5 Å². The summed E-state index contributed by atoms with van der Waals surface area (Å²) >= 11 is 0. The van der Waals surface area contributed by atoms with E-state index >= 15 is 0 Å². The Balaban J connectivity index is 1.42. The largest absolute Gasteiger partial charge is 0.493 e. The van der Waals surface area contributed by atoms with E-state index in [1.54, 1.807) is 0 Å². The van der Waals surface area contributed by atoms with Gasteiger partial charge in [0.25, 0.3) is 0 Å². The zero-order valence-corrected chi connectivity index (χ0v) is 25.7. The molecule has 3 nitrogen and oxygen atoms in total. The van der Waals surface area contributed by atoms with Crippen LogP contribution in [0, 0.1) is 11.8 Å². The third-order valence-corrected chi connectivity index (χ3v) is 8.43. The van der Waals surface area contributed by atoms with Gasteiger partial charge in [-0.25, -0.2) is 0 Å². The highest BCUT2D eigenvalue weighted by Crippen LogP contribution is 2.43. The number of allylic oxidation sites excluding steroid dienone is 8. The molecule has 0 saturated carbocycles. The van der Waals surface area contributed by atoms with Gasteiger partial charge in [0.15, 0.2) is 0 Å². The Kier molecular flexibility index (Phi) is 11.5. The van der Waals surface area contributed by atoms with Crippen molar-refractivity contribution in [3.8, 4) is 11.5 Å². The van der Waals surface area contributed by atoms with Crippen LogP contribution < -0.4 is 9.47 Å². The first-order valence-electron chi connectivity index (χ1n) is 15.7. The molecule has 2 aliphatic rings. The summed E-state index contributed by atoms with van der Waals surface area (Å²) in [4.78, 5) is 0. The van der Waals surface area contributed by atoms with Crippen LogP contribution in [0.15, 0.2) is 97.1 Å². The Hall–Kier alpha value is -3.04. The Morgan fingerprint density at radius 3 is 1.41 bits per heavy atom. The third-order valence-electron chi connectivity index (χ3n) is 8.43. The van der Waals surface area contributed by atoms with E-state index in [1.807, 2.05) is 0 Å². The van der Waals surface area contributed by atoms with Crippen LogP contribution in [-0.2, 0) is 15.6 Å². The van der Waals surface area contributed by atoms with E-state index in [9.17, 15) is 0 Å². The predicted molar refractivity (Wildman–Crippen MR) is 172 cm³/mol. The molecule has 2 aromatic rings. The van der Waals surface area contributed by atoms with Gasteiger partial charge in [0.2, 0.25) is 0 Å². The molecule has 220 valence electrons. The van der Waals surface area contributed by atoms with Crippen molar-refractivity contribution in [2.45, 2.75) is 77.0 Å². The maximum Gasteiger partial charge on any atom is 0.123 e. The van der Waals surface area contributed by atoms with Crippen LogP contribution >= 0.6 is 0 Å². The highest BCUT2D eigenvalue weighted by atomic mass is 16.5. The molecule has 0 N–H and O–H groups in total. The topological polar surface area (TPSA) is 27.7 Å². The van der Waals surface area contributed by atoms with E-state index in [4.69, 9.17) is 14.2 Å². The third kappa shape index (κ3) is 8.49. The Morgan fingerprint density at radius 1 is 0.585 bits per heavy atom. The fourth-order valence-corrected chi connectivity index (χ4v) is 5.80. The van der Waals surface area contributed by atoms with Crippen molar-refractivity contribution in [2.75, 3.05) is 26.4 Å². The SMILES string of the molecule is CC(C)CCOc1ccccc1C1(CCOCCC2(c3ccccc3OCCC(C)C)C=CC=CC2)C=CC=CC1. The van der Waals surface area contributed by atoms with Gasteiger partial charge in [0.05, 0.1) is 13.2 Å². The fourth-order valence-electron chi connectivity index (χ4n) is 5.80. The van der Waals surface area contributed by atoms with Gasteiger partial charge in [-0.3, -0.25) is 0 Å². The molecule has 0 radical (unpaired) electrons. The van der Waals surface area contributed by atoms with Crippen LogP contribution in [0.2, 0.25) is 0 Å². The molecule has 0 aromatic heterocycles. The average molecular weight is 555 g/mol. The predicted octanol–water partition coefficient (Wildman–Crippen LogP) is 9.54. The van der Waals surface area contributed by atoms with E-state index in [0.29, 0.717) is 25.0 Å². The average Bonchev–Trinajstić information content (AvgIpc) is 2.98. The zero-order chi connectivity index (χ0) is 29.0. The number of para-hydroxylation sites is 2. The minimum atomic E-state index is -0.120. The molecule has 2 aliphatic carbocycles. The summed E-state index contributed by atoms with van der Waals surface area (Å²) in [5.41, 5.74) is 2.28. The standard InChI is InChI=1S/C38H50O3/c1-31(2)19-27-40-35-17-9-7-15-33(35)37(21-11-5-12-22-37)25-29-39-30-26-38(23-13-6-14-24-38)34-16-8-10-18-36(34)41-28-20-32(3)4/h5-18,21,23,31-32H,19-20,22,24-30H2,1-4H3. The molecule has 4 rings (SSSR count). The first-order valence-corrected chi connectivity index (χ1v) is 15.7. The number of hydrogen-bond donors (Lipinski definition) is 0. The van der Waals surface area contributed by atoms with Crippen LogP contribution in [-0.4, -0.2) is 26.4 Å². The highest BCUT2D eigenvalue weighted by molar-refractivity contribution is 5.46. The van der Waals surface area contributed by atoms with Crippen molar-refractivity contribution in [1.82, 2.24) is 0 Å². The molecule has 2 atom stereocenters. The number of hydrogen-bond acceptors (Lipinski definition) is 3. The molecule has 0 heterocycles. The van der Waals surface area contributed by atoms with Gasteiger partial charge in [-0.15, -0.1) is 0 Å². The number of rotatable bonds is 16. The van der Waals surface area contributed by atoms with Crippen molar-refractivity contribution in [1.29, 1.82) is 0 Å². The Bertz CT molecular complexity index is 1110. The van der Waals surface area contributed by atoms with Crippen molar-refractivity contribution < 1.29 is 14.2 Å². The molecule has 0 amide bonds. The van der Waals surface area contributed by atoms with Crippen LogP contribution in [0.5, 0.6) is 11.5 Å². The van der Waals surface area contributed by atoms with E-state index < -0.39 is 0 Å². The quantitative estimate of drug-likeness (QED) is 0.193. The summed E-state index contributed by atoms with van der Waals surface area (Å²) in [7, 11) is 0. The molecular formula is C38H50O3. The Labute approximate surface area is 249 Å². The summed E-state index contributed by atoms with van der Waals surface area (Å²) < 4.78 is 19.1. The summed E-state index contributed by atoms with van der Waals surface area (Å²) in [6.45, 7) is 11.8. The first kappa shape index (κ1) is 30.9. The smallest absolute Gasteiger partial charge is 0.123 e. The lowest BCUT2D eigenvalue weighted by molar-refractivity contribution is 0.106. The fraction of sp³-hybridized carbons (Fsp3) is 0.474. The lowest BCUT2D eigenvalue weighted by Crippen LogP contribution is -2.29. The number of benzene rings is 2. The van der Waals surface area contributed by atoms with Gasteiger partial charge >= 0.3 is 0 Å². The molecule has 2 unspecified atom stereocenters. The van der Waals surface area contributed by atoms with Gasteiger partial charge in [0, 0.05) is 35.2 Å². The maximum absolute atomic E-state index is 6.44. The first-order chi connectivity index (χ1) is 19.9. The molecule has 0 fully saturated rings. The van der Waals surface area contributed by atoms with E-state index in [-0.39, 0.29) is 10.8 Å². The highest BCUT2D eigenvalue weighted by Gasteiger charge is 2.34. The molecule has 0 bridgehead atoms. The van der Waals surface area contributed by atoms with Gasteiger partial charge in [-0.05, 0) is 62.5 Å². The van der Waals surface area contributed by atoms with Crippen molar-refractivity contribution >= 4 is 0 Å². The summed E-state index contributed by atoms with van der Waals surface area (Å²) in [5.74, 6) is 3.25. The van der Waals surface area contributed by atoms with Crippen LogP contribution in [0.25, 0.3) is 0 Å². The monoisotopic (exact) mass is 554 g/mol. The normalized spacial score (nSPS) is 21.6. The minimum Gasteiger partial charge on any atom is -0.493 e. The van der Waals surface area contributed by atoms with Crippen molar-refractivity contribution in [3.05, 3.63) is 108 Å². The van der Waals surface area contributed by atoms with Crippen LogP contribution in [0.3, 0.4) is 0 Å². The lowest BCUT2D eigenvalue weighted by Gasteiger charge is -2.35. The summed E-state index contributed by atoms with van der Waals surface area (Å²) in [5, 5.41) is 0. The van der Waals surface area contributed by atoms with Crippen LogP contribution in [0.1, 0.15) is 77.3 Å². The van der Waals surface area contributed by atoms with E-state index in [1.165, 1.54) is 11.1 Å². The van der Waals surface area contributed by atoms with Crippen LogP contribution in [0.4, 0.5) is 0 Å². The van der Waals surface area contributed by atoms with Gasteiger partial charge < -0.3 is 14.2 Å². The molecular weight excluding hydrogens is 504 g/mol. The second-order valence-corrected chi connectivity index (χ2v) is 12.5. The summed E-state index contributed by atoms with van der Waals surface area (Å²) in [6.07, 6.45) is 23.7. The lowest BCUT2D eigenvalue weighted by atomic mass is 9.72. The second kappa shape index (κ2) is 15.3. The van der Waals surface area contributed by atoms with Gasteiger partial charge in [-0.1, -0.05) is 113 Å². The van der Waals surface area contributed by atoms with Crippen molar-refractivity contribution in [3.63, 3.8) is 0 Å². The van der Waals surface area contributed by atoms with Crippen molar-refractivity contribution in [2.24, 2.45) is 11.8 Å². The molecule has 2 aromatic carbocycles. The van der Waals surface area contributed by atoms with E-state index in [2.05, 4.69) is 125 Å². The Morgan fingerprint density at radius 2 is 1.02 bits per heavy atom. The molecule has 0 aliphatic heterocycles. The molecule has 3 heteroatoms. The maximum atomic E-state index is 6.44. The van der Waals surface area contributed by atoms with E-state index in [0.717, 1.165) is 63.2 Å². The minimum absolute atomic E-state index is 0.120. The molecule has 0 spiro atoms. The molecule has 41 heavy (non-hydrogen) atoms.